The fourth-order valence-corrected chi connectivity index (χ4v) is 14.5. The quantitative estimate of drug-likeness (QED) is 0.149. The molecule has 0 unspecified atom stereocenters. The summed E-state index contributed by atoms with van der Waals surface area (Å²) in [5.74, 6) is 0. The third kappa shape index (κ3) is 8.89. The zero-order chi connectivity index (χ0) is 58.9. The van der Waals surface area contributed by atoms with Gasteiger partial charge in [-0.25, -0.2) is 9.97 Å². The molecule has 1 fully saturated rings. The Kier molecular flexibility index (Phi) is 13.0. The van der Waals surface area contributed by atoms with Crippen molar-refractivity contribution in [2.45, 2.75) is 26.2 Å². The highest BCUT2D eigenvalue weighted by atomic mass is 15.3. The molecule has 15 aromatic rings. The van der Waals surface area contributed by atoms with Crippen molar-refractivity contribution in [3.63, 3.8) is 0 Å². The number of aromatic nitrogens is 2. The summed E-state index contributed by atoms with van der Waals surface area (Å²) in [6, 6.07) is 111. The van der Waals surface area contributed by atoms with Gasteiger partial charge in [-0.05, 0) is 163 Å². The minimum absolute atomic E-state index is 0.218. The van der Waals surface area contributed by atoms with E-state index in [9.17, 15) is 0 Å². The van der Waals surface area contributed by atoms with E-state index in [1.807, 2.05) is 6.20 Å². The number of benzene rings is 12. The second-order valence-corrected chi connectivity index (χ2v) is 24.4. The Hall–Kier alpha value is -10.7. The molecule has 5 nitrogen and oxygen atoms in total. The highest BCUT2D eigenvalue weighted by Gasteiger charge is 2.56. The van der Waals surface area contributed by atoms with Crippen molar-refractivity contribution in [2.75, 3.05) is 14.2 Å². The Bertz CT molecular complexity index is 5150. The summed E-state index contributed by atoms with van der Waals surface area (Å²) < 4.78 is 8.00. The highest BCUT2D eigenvalue weighted by Crippen LogP contribution is 2.45. The van der Waals surface area contributed by atoms with Gasteiger partial charge >= 0.3 is 20.9 Å². The summed E-state index contributed by atoms with van der Waals surface area (Å²) in [6.45, 7) is 6.27. The van der Waals surface area contributed by atoms with Gasteiger partial charge in [0.15, 0.2) is 0 Å². The maximum Gasteiger partial charge on any atom is 0.388 e. The van der Waals surface area contributed by atoms with Crippen LogP contribution in [0.5, 0.6) is 0 Å². The maximum absolute atomic E-state index is 4.97. The highest BCUT2D eigenvalue weighted by molar-refractivity contribution is 7.14. The van der Waals surface area contributed by atoms with Crippen LogP contribution in [0.2, 0.25) is 0 Å². The van der Waals surface area contributed by atoms with E-state index in [-0.39, 0.29) is 26.4 Å². The van der Waals surface area contributed by atoms with Crippen LogP contribution in [0.25, 0.3) is 97.4 Å². The van der Waals surface area contributed by atoms with Gasteiger partial charge in [-0.1, -0.05) is 263 Å². The Labute approximate surface area is 514 Å². The minimum atomic E-state index is -0.283. The first-order chi connectivity index (χ1) is 43.4. The van der Waals surface area contributed by atoms with Gasteiger partial charge in [-0.3, -0.25) is 0 Å². The van der Waals surface area contributed by atoms with Crippen molar-refractivity contribution in [3.8, 4) is 11.1 Å². The molecule has 0 N–H and O–H groups in total. The molecule has 2 heterocycles. The van der Waals surface area contributed by atoms with Crippen LogP contribution in [-0.4, -0.2) is 30.9 Å². The topological polar surface area (TPSA) is 35.5 Å². The van der Waals surface area contributed by atoms with E-state index in [0.717, 1.165) is 55.1 Å². The van der Waals surface area contributed by atoms with E-state index in [1.165, 1.54) is 81.4 Å². The lowest BCUT2D eigenvalue weighted by molar-refractivity contribution is 0.592. The summed E-state index contributed by atoms with van der Waals surface area (Å²) in [7, 11) is 0. The van der Waals surface area contributed by atoms with Gasteiger partial charge in [-0.15, -0.1) is 0 Å². The minimum Gasteiger partial charge on any atom is -0.416 e. The molecule has 8 heteroatoms. The molecule has 88 heavy (non-hydrogen) atoms. The normalized spacial score (nSPS) is 13.0. The molecule has 0 atom stereocenters. The van der Waals surface area contributed by atoms with Gasteiger partial charge in [0.1, 0.15) is 6.33 Å². The van der Waals surface area contributed by atoms with Crippen LogP contribution < -0.4 is 30.6 Å². The molecule has 16 rings (SSSR count). The van der Waals surface area contributed by atoms with E-state index < -0.39 is 0 Å². The first kappa shape index (κ1) is 52.8. The first-order valence-electron chi connectivity index (χ1n) is 30.6. The SMILES string of the molecule is CC(C)(C)c1ccc(N2B(c3ccccc3)N(c3ccccc3)B(c3ccccc3)N(c3ccccc3)B2c2ccccc2)cc1-c1ccc2c3ccccc3c3cc4c(cc3c3ccccc3c2c1)c1ccccc1c1cncnc1c1ccccc41. The molecule has 0 aliphatic carbocycles. The van der Waals surface area contributed by atoms with Gasteiger partial charge in [0.2, 0.25) is 0 Å². The van der Waals surface area contributed by atoms with Crippen molar-refractivity contribution >= 4 is 141 Å². The van der Waals surface area contributed by atoms with E-state index in [1.54, 1.807) is 6.33 Å². The Balaban J connectivity index is 0.995. The van der Waals surface area contributed by atoms with Crippen LogP contribution in [0.1, 0.15) is 26.3 Å². The van der Waals surface area contributed by atoms with Crippen molar-refractivity contribution in [2.24, 2.45) is 0 Å². The molecule has 0 spiro atoms. The van der Waals surface area contributed by atoms with Crippen molar-refractivity contribution in [1.29, 1.82) is 0 Å². The molecule has 1 saturated heterocycles. The van der Waals surface area contributed by atoms with Crippen LogP contribution in [0.15, 0.2) is 310 Å². The number of hydrogen-bond donors (Lipinski definition) is 0. The zero-order valence-electron chi connectivity index (χ0n) is 49.4. The average Bonchev–Trinajstić information content (AvgIpc) is 0.799. The number of hydrogen-bond acceptors (Lipinski definition) is 5. The van der Waals surface area contributed by atoms with Crippen LogP contribution in [-0.2, 0) is 5.41 Å². The summed E-state index contributed by atoms with van der Waals surface area (Å²) in [5, 5.41) is 17.4. The van der Waals surface area contributed by atoms with Gasteiger partial charge in [-0.2, -0.15) is 0 Å². The van der Waals surface area contributed by atoms with Crippen molar-refractivity contribution in [1.82, 2.24) is 9.97 Å². The molecular weight excluding hydrogens is 1060 g/mol. The third-order valence-electron chi connectivity index (χ3n) is 18.3. The van der Waals surface area contributed by atoms with Gasteiger partial charge in [0, 0.05) is 34.0 Å². The smallest absolute Gasteiger partial charge is 0.388 e. The molecule has 1 aliphatic rings. The lowest BCUT2D eigenvalue weighted by Crippen LogP contribution is -2.86. The average molecular weight is 1120 g/mol. The summed E-state index contributed by atoms with van der Waals surface area (Å²) in [5.41, 5.74) is 11.3. The Morgan fingerprint density at radius 2 is 0.625 bits per heavy atom. The van der Waals surface area contributed by atoms with Gasteiger partial charge in [0.05, 0.1) is 5.52 Å². The molecule has 0 saturated carbocycles. The molecular formula is C80H60B3N5. The second-order valence-electron chi connectivity index (χ2n) is 24.4. The van der Waals surface area contributed by atoms with Crippen LogP contribution in [0, 0.1) is 0 Å². The van der Waals surface area contributed by atoms with Crippen molar-refractivity contribution < 1.29 is 0 Å². The van der Waals surface area contributed by atoms with Crippen LogP contribution in [0.4, 0.5) is 17.1 Å². The first-order valence-corrected chi connectivity index (χ1v) is 30.6. The number of para-hydroxylation sites is 2. The fraction of sp³-hybridized carbons (Fsp3) is 0.0500. The Morgan fingerprint density at radius 1 is 0.284 bits per heavy atom. The molecule has 1 aromatic heterocycles. The summed E-state index contributed by atoms with van der Waals surface area (Å²) in [4.78, 5) is 9.57. The van der Waals surface area contributed by atoms with E-state index in [0.29, 0.717) is 0 Å². The number of anilines is 3. The molecule has 0 bridgehead atoms. The van der Waals surface area contributed by atoms with Crippen molar-refractivity contribution in [3.05, 3.63) is 315 Å². The fourth-order valence-electron chi connectivity index (χ4n) is 14.5. The van der Waals surface area contributed by atoms with Gasteiger partial charge in [0.25, 0.3) is 0 Å². The molecule has 14 aromatic carbocycles. The third-order valence-corrected chi connectivity index (χ3v) is 18.3. The van der Waals surface area contributed by atoms with Gasteiger partial charge < -0.3 is 14.2 Å². The predicted octanol–water partition coefficient (Wildman–Crippen LogP) is 17.8. The van der Waals surface area contributed by atoms with E-state index in [4.69, 9.17) is 4.98 Å². The monoisotopic (exact) mass is 1120 g/mol. The molecule has 1 aliphatic heterocycles. The lowest BCUT2D eigenvalue weighted by atomic mass is 9.37. The van der Waals surface area contributed by atoms with Crippen LogP contribution >= 0.6 is 0 Å². The zero-order valence-corrected chi connectivity index (χ0v) is 49.4. The number of nitrogens with zero attached hydrogens (tertiary/aromatic N) is 5. The molecule has 414 valence electrons. The maximum atomic E-state index is 4.97. The largest absolute Gasteiger partial charge is 0.416 e. The number of fused-ring (bicyclic) bond motifs is 16. The molecule has 0 radical (unpaired) electrons. The number of rotatable bonds is 7. The Morgan fingerprint density at radius 3 is 1.06 bits per heavy atom. The summed E-state index contributed by atoms with van der Waals surface area (Å²) in [6.07, 6.45) is 3.66. The van der Waals surface area contributed by atoms with E-state index >= 15 is 0 Å². The standard InChI is InChI=1S/C80H60B3N5/c1-80(2,3)78-48-46-61(88-82(57-29-11-5-12-30-57)86(59-33-15-7-16-34-59)81(56-27-9-4-10-28-56)87(60-35-17-8-18-36-60)83(88)58-31-13-6-14-32-58)50-71(78)55-45-47-69-62-37-19-20-38-63(62)73-52-76-68-43-25-26-44-70(68)79-77(53-84-54-85-79)67-42-24-23-41-66(67)75(76)51-74(73)65-40-22-21-39-64(65)72(69)49-55/h4-54H,1-3H3. The second kappa shape index (κ2) is 21.7. The summed E-state index contributed by atoms with van der Waals surface area (Å²) >= 11 is 0. The lowest BCUT2D eigenvalue weighted by Gasteiger charge is -2.57. The molecule has 0 amide bonds. The predicted molar refractivity (Wildman–Crippen MR) is 380 cm³/mol. The van der Waals surface area contributed by atoms with Crippen LogP contribution in [0.3, 0.4) is 0 Å². The van der Waals surface area contributed by atoms with E-state index in [2.05, 4.69) is 337 Å².